The fourth-order valence-corrected chi connectivity index (χ4v) is 3.69. The highest BCUT2D eigenvalue weighted by Crippen LogP contribution is 2.25. The Bertz CT molecular complexity index is 1140. The van der Waals surface area contributed by atoms with Gasteiger partial charge in [0, 0.05) is 17.3 Å². The Morgan fingerprint density at radius 2 is 2.00 bits per heavy atom. The molecule has 0 radical (unpaired) electrons. The first-order valence-corrected chi connectivity index (χ1v) is 9.87. The Labute approximate surface area is 171 Å². The number of para-hydroxylation sites is 1. The van der Waals surface area contributed by atoms with Gasteiger partial charge in [-0.1, -0.05) is 24.3 Å². The first-order valence-electron chi connectivity index (χ1n) is 8.99. The van der Waals surface area contributed by atoms with E-state index >= 15 is 0 Å². The molecule has 0 N–H and O–H groups in total. The minimum Gasteiger partial charge on any atom is -0.463 e. The highest BCUT2D eigenvalue weighted by atomic mass is 32.1. The largest absolute Gasteiger partial charge is 0.463 e. The lowest BCUT2D eigenvalue weighted by Gasteiger charge is -2.16. The molecule has 0 fully saturated rings. The molecule has 0 saturated heterocycles. The number of fused-ring (bicyclic) bond motifs is 1. The minimum absolute atomic E-state index is 0.267. The van der Waals surface area contributed by atoms with Crippen LogP contribution < -0.4 is 0 Å². The number of esters is 1. The van der Waals surface area contributed by atoms with Crippen molar-refractivity contribution in [2.24, 2.45) is 0 Å². The number of hydrogen-bond donors (Lipinski definition) is 0. The Morgan fingerprint density at radius 3 is 2.76 bits per heavy atom. The molecule has 6 nitrogen and oxygen atoms in total. The molecule has 0 aliphatic heterocycles. The van der Waals surface area contributed by atoms with Gasteiger partial charge in [0.05, 0.1) is 23.9 Å². The molecule has 1 amide bonds. The smallest absolute Gasteiger partial charge is 0.339 e. The second-order valence-electron chi connectivity index (χ2n) is 6.45. The van der Waals surface area contributed by atoms with E-state index in [-0.39, 0.29) is 12.5 Å². The molecule has 0 atom stereocenters. The van der Waals surface area contributed by atoms with E-state index in [1.54, 1.807) is 48.9 Å². The van der Waals surface area contributed by atoms with Crippen molar-refractivity contribution in [2.45, 2.75) is 6.54 Å². The van der Waals surface area contributed by atoms with Crippen LogP contribution in [0.5, 0.6) is 0 Å². The summed E-state index contributed by atoms with van der Waals surface area (Å²) in [7, 11) is 1.69. The second kappa shape index (κ2) is 8.28. The van der Waals surface area contributed by atoms with E-state index in [9.17, 15) is 9.59 Å². The third-order valence-corrected chi connectivity index (χ3v) is 5.30. The molecule has 3 heterocycles. The number of hydrogen-bond acceptors (Lipinski definition) is 6. The summed E-state index contributed by atoms with van der Waals surface area (Å²) in [4.78, 5) is 32.3. The zero-order valence-electron chi connectivity index (χ0n) is 15.7. The quantitative estimate of drug-likeness (QED) is 0.445. The lowest BCUT2D eigenvalue weighted by atomic mass is 10.1. The number of ether oxygens (including phenoxy) is 1. The highest BCUT2D eigenvalue weighted by Gasteiger charge is 2.18. The van der Waals surface area contributed by atoms with Gasteiger partial charge in [0.25, 0.3) is 5.91 Å². The number of carbonyl (C=O) groups is 2. The van der Waals surface area contributed by atoms with Crippen molar-refractivity contribution >= 4 is 34.1 Å². The number of nitrogens with zero attached hydrogens (tertiary/aromatic N) is 2. The number of carbonyl (C=O) groups excluding carboxylic acids is 2. The summed E-state index contributed by atoms with van der Waals surface area (Å²) in [6.45, 7) is 0.155. The van der Waals surface area contributed by atoms with Gasteiger partial charge in [-0.3, -0.25) is 4.79 Å². The van der Waals surface area contributed by atoms with Gasteiger partial charge in [-0.15, -0.1) is 11.3 Å². The van der Waals surface area contributed by atoms with E-state index in [2.05, 4.69) is 4.98 Å². The predicted octanol–water partition coefficient (Wildman–Crippen LogP) is 4.37. The van der Waals surface area contributed by atoms with Gasteiger partial charge in [0.1, 0.15) is 5.69 Å². The molecule has 0 saturated carbocycles. The minimum atomic E-state index is -0.575. The van der Waals surface area contributed by atoms with E-state index in [0.717, 1.165) is 4.88 Å². The van der Waals surface area contributed by atoms with Crippen LogP contribution >= 0.6 is 11.3 Å². The van der Waals surface area contributed by atoms with E-state index in [1.807, 2.05) is 35.7 Å². The average molecular weight is 406 g/mol. The van der Waals surface area contributed by atoms with Gasteiger partial charge in [0.15, 0.2) is 12.4 Å². The van der Waals surface area contributed by atoms with Crippen molar-refractivity contribution < 1.29 is 18.7 Å². The number of likely N-dealkylation sites (N-methyl/N-ethyl adjacent to an activating group) is 1. The van der Waals surface area contributed by atoms with Crippen molar-refractivity contribution in [2.75, 3.05) is 13.7 Å². The topological polar surface area (TPSA) is 72.6 Å². The first kappa shape index (κ1) is 18.9. The maximum absolute atomic E-state index is 12.8. The number of amides is 1. The zero-order chi connectivity index (χ0) is 20.2. The zero-order valence-corrected chi connectivity index (χ0v) is 16.5. The summed E-state index contributed by atoms with van der Waals surface area (Å²) in [6.07, 6.45) is 1.55. The molecule has 0 unspecified atom stereocenters. The van der Waals surface area contributed by atoms with Crippen molar-refractivity contribution in [3.63, 3.8) is 0 Å². The fourth-order valence-electron chi connectivity index (χ4n) is 2.93. The summed E-state index contributed by atoms with van der Waals surface area (Å²) >= 11 is 1.57. The van der Waals surface area contributed by atoms with Crippen molar-refractivity contribution in [3.8, 4) is 11.5 Å². The molecule has 0 spiro atoms. The van der Waals surface area contributed by atoms with Gasteiger partial charge < -0.3 is 14.1 Å². The molecule has 1 aromatic carbocycles. The maximum Gasteiger partial charge on any atom is 0.339 e. The molecular weight excluding hydrogens is 388 g/mol. The summed E-state index contributed by atoms with van der Waals surface area (Å²) in [5.41, 5.74) is 1.52. The first-order chi connectivity index (χ1) is 14.1. The van der Waals surface area contributed by atoms with E-state index in [1.165, 1.54) is 4.90 Å². The van der Waals surface area contributed by atoms with E-state index in [4.69, 9.17) is 9.15 Å². The molecule has 29 heavy (non-hydrogen) atoms. The lowest BCUT2D eigenvalue weighted by molar-refractivity contribution is -0.133. The van der Waals surface area contributed by atoms with Gasteiger partial charge in [-0.05, 0) is 35.7 Å². The SMILES string of the molecule is CN(Cc1cccs1)C(=O)COC(=O)c1cc(-c2ccco2)nc2ccccc12. The van der Waals surface area contributed by atoms with E-state index in [0.29, 0.717) is 34.5 Å². The molecule has 0 aliphatic rings. The summed E-state index contributed by atoms with van der Waals surface area (Å²) in [5.74, 6) is -0.290. The normalized spacial score (nSPS) is 10.8. The van der Waals surface area contributed by atoms with Gasteiger partial charge in [-0.25, -0.2) is 9.78 Å². The third kappa shape index (κ3) is 4.20. The van der Waals surface area contributed by atoms with E-state index < -0.39 is 5.97 Å². The molecule has 4 aromatic rings. The molecule has 0 bridgehead atoms. The molecule has 0 aliphatic carbocycles. The van der Waals surface area contributed by atoms with Crippen LogP contribution in [0.1, 0.15) is 15.2 Å². The van der Waals surface area contributed by atoms with Gasteiger partial charge in [-0.2, -0.15) is 0 Å². The van der Waals surface area contributed by atoms with Crippen LogP contribution in [-0.2, 0) is 16.1 Å². The Morgan fingerprint density at radius 1 is 1.14 bits per heavy atom. The number of furan rings is 1. The Balaban J connectivity index is 1.52. The summed E-state index contributed by atoms with van der Waals surface area (Å²) in [6, 6.07) is 16.3. The van der Waals surface area contributed by atoms with Crippen LogP contribution in [0.25, 0.3) is 22.4 Å². The molecule has 4 rings (SSSR count). The van der Waals surface area contributed by atoms with Crippen molar-refractivity contribution in [3.05, 3.63) is 76.7 Å². The summed E-state index contributed by atoms with van der Waals surface area (Å²) in [5, 5.41) is 2.62. The van der Waals surface area contributed by atoms with Crippen LogP contribution in [0.2, 0.25) is 0 Å². The standard InChI is InChI=1S/C22H18N2O4S/c1-24(13-15-6-5-11-29-15)21(25)14-28-22(26)17-12-19(20-9-4-10-27-20)23-18-8-3-2-7-16(17)18/h2-12H,13-14H2,1H3. The predicted molar refractivity (Wildman–Crippen MR) is 111 cm³/mol. The van der Waals surface area contributed by atoms with Gasteiger partial charge in [0.2, 0.25) is 0 Å². The Kier molecular flexibility index (Phi) is 5.39. The lowest BCUT2D eigenvalue weighted by Crippen LogP contribution is -2.30. The summed E-state index contributed by atoms with van der Waals surface area (Å²) < 4.78 is 10.7. The third-order valence-electron chi connectivity index (χ3n) is 4.44. The van der Waals surface area contributed by atoms with Crippen molar-refractivity contribution in [1.82, 2.24) is 9.88 Å². The number of aromatic nitrogens is 1. The van der Waals surface area contributed by atoms with Crippen LogP contribution in [0, 0.1) is 0 Å². The van der Waals surface area contributed by atoms with Crippen LogP contribution in [0.3, 0.4) is 0 Å². The monoisotopic (exact) mass is 406 g/mol. The van der Waals surface area contributed by atoms with Crippen LogP contribution in [0.15, 0.2) is 70.7 Å². The van der Waals surface area contributed by atoms with Crippen molar-refractivity contribution in [1.29, 1.82) is 0 Å². The fraction of sp³-hybridized carbons (Fsp3) is 0.136. The highest BCUT2D eigenvalue weighted by molar-refractivity contribution is 7.09. The molecule has 3 aromatic heterocycles. The number of thiophene rings is 1. The number of pyridine rings is 1. The van der Waals surface area contributed by atoms with Crippen LogP contribution in [0.4, 0.5) is 0 Å². The average Bonchev–Trinajstić information content (AvgIpc) is 3.45. The second-order valence-corrected chi connectivity index (χ2v) is 7.49. The number of benzene rings is 1. The van der Waals surface area contributed by atoms with Crippen LogP contribution in [-0.4, -0.2) is 35.4 Å². The maximum atomic E-state index is 12.8. The molecule has 146 valence electrons. The van der Waals surface area contributed by atoms with Gasteiger partial charge >= 0.3 is 5.97 Å². The Hall–Kier alpha value is -3.45. The number of rotatable bonds is 6. The molecule has 7 heteroatoms. The molecular formula is C22H18N2O4S.